The number of methoxy groups -OCH3 is 1. The number of aromatic nitrogens is 2. The largest absolute Gasteiger partial charge is 0.480 e. The lowest BCUT2D eigenvalue weighted by atomic mass is 10.3. The highest BCUT2D eigenvalue weighted by molar-refractivity contribution is 7.16. The van der Waals surface area contributed by atoms with Crippen molar-refractivity contribution < 1.29 is 18.7 Å². The Morgan fingerprint density at radius 3 is 2.40 bits per heavy atom. The van der Waals surface area contributed by atoms with E-state index in [0.29, 0.717) is 16.3 Å². The van der Waals surface area contributed by atoms with Crippen LogP contribution in [0.1, 0.15) is 27.5 Å². The van der Waals surface area contributed by atoms with Gasteiger partial charge >= 0.3 is 0 Å². The molecule has 0 amide bonds. The summed E-state index contributed by atoms with van der Waals surface area (Å²) in [5.41, 5.74) is 5.32. The van der Waals surface area contributed by atoms with Crippen molar-refractivity contribution in [2.45, 2.75) is 7.43 Å². The first-order valence-corrected chi connectivity index (χ1v) is 5.73. The minimum absolute atomic E-state index is 0. The van der Waals surface area contributed by atoms with Gasteiger partial charge in [0.15, 0.2) is 17.7 Å². The number of anilines is 1. The monoisotopic (exact) mass is 299 g/mol. The number of hydrogen-bond donors (Lipinski definition) is 1. The highest BCUT2D eigenvalue weighted by atomic mass is 32.1. The lowest BCUT2D eigenvalue weighted by molar-refractivity contribution is 0.111. The van der Waals surface area contributed by atoms with E-state index in [2.05, 4.69) is 14.7 Å². The van der Waals surface area contributed by atoms with Crippen LogP contribution in [0.15, 0.2) is 18.5 Å². The van der Waals surface area contributed by atoms with Gasteiger partial charge in [-0.15, -0.1) is 0 Å². The van der Waals surface area contributed by atoms with Gasteiger partial charge in [-0.25, -0.2) is 14.4 Å². The van der Waals surface area contributed by atoms with Gasteiger partial charge < -0.3 is 10.5 Å². The zero-order chi connectivity index (χ0) is 14.3. The number of aldehydes is 2. The predicted octanol–water partition coefficient (Wildman–Crippen LogP) is 2.22. The van der Waals surface area contributed by atoms with Gasteiger partial charge in [0.05, 0.1) is 29.9 Å². The Morgan fingerprint density at radius 1 is 1.30 bits per heavy atom. The molecule has 0 bridgehead atoms. The number of ether oxygens (including phenoxy) is 1. The number of halogens is 1. The molecule has 6 nitrogen and oxygen atoms in total. The number of rotatable bonds is 3. The summed E-state index contributed by atoms with van der Waals surface area (Å²) in [6.45, 7) is 0. The number of nitrogens with two attached hydrogens (primary N) is 1. The number of nitrogens with zero attached hydrogens (tertiary/aromatic N) is 2. The highest BCUT2D eigenvalue weighted by Gasteiger charge is 2.03. The van der Waals surface area contributed by atoms with E-state index >= 15 is 0 Å². The maximum atomic E-state index is 12.4. The number of carbonyl (C=O) groups excluding carboxylic acids is 2. The van der Waals surface area contributed by atoms with Crippen LogP contribution >= 0.6 is 11.3 Å². The van der Waals surface area contributed by atoms with Crippen LogP contribution in [-0.2, 0) is 0 Å². The minimum atomic E-state index is -0.548. The second-order valence-electron chi connectivity index (χ2n) is 3.09. The van der Waals surface area contributed by atoms with Crippen molar-refractivity contribution >= 4 is 29.0 Å². The van der Waals surface area contributed by atoms with E-state index in [0.717, 1.165) is 18.5 Å². The summed E-state index contributed by atoms with van der Waals surface area (Å²) in [6, 6.07) is 1.07. The molecule has 0 spiro atoms. The molecule has 0 aromatic carbocycles. The lowest BCUT2D eigenvalue weighted by Crippen LogP contribution is -1.94. The zero-order valence-electron chi connectivity index (χ0n) is 9.87. The normalized spacial score (nSPS) is 8.70. The Hall–Kier alpha value is -2.35. The van der Waals surface area contributed by atoms with Crippen molar-refractivity contribution in [2.75, 3.05) is 12.8 Å². The molecule has 8 heteroatoms. The van der Waals surface area contributed by atoms with Gasteiger partial charge in [-0.2, -0.15) is 0 Å². The summed E-state index contributed by atoms with van der Waals surface area (Å²) in [5, 5.41) is 0.437. The molecule has 20 heavy (non-hydrogen) atoms. The summed E-state index contributed by atoms with van der Waals surface area (Å²) in [4.78, 5) is 27.9. The van der Waals surface area contributed by atoms with Crippen LogP contribution in [0.5, 0.6) is 5.88 Å². The molecular formula is C12H14FN3O3S. The van der Waals surface area contributed by atoms with Crippen LogP contribution in [0.4, 0.5) is 9.52 Å². The molecule has 0 aliphatic rings. The molecule has 2 rings (SSSR count). The molecule has 2 aromatic rings. The number of carbonyl (C=O) groups is 2. The first-order chi connectivity index (χ1) is 9.10. The van der Waals surface area contributed by atoms with Gasteiger partial charge in [0.25, 0.3) is 0 Å². The average molecular weight is 299 g/mol. The number of pyridine rings is 1. The van der Waals surface area contributed by atoms with E-state index in [1.54, 1.807) is 0 Å². The second-order valence-corrected chi connectivity index (χ2v) is 4.18. The third kappa shape index (κ3) is 5.11. The maximum absolute atomic E-state index is 12.4. The van der Waals surface area contributed by atoms with Crippen LogP contribution in [0.3, 0.4) is 0 Å². The number of nitrogen functional groups attached to an aromatic ring is 1. The summed E-state index contributed by atoms with van der Waals surface area (Å²) < 4.78 is 17.1. The van der Waals surface area contributed by atoms with E-state index in [-0.39, 0.29) is 18.9 Å². The molecule has 0 fully saturated rings. The zero-order valence-corrected chi connectivity index (χ0v) is 10.7. The maximum Gasteiger partial charge on any atom is 0.223 e. The number of thiazole rings is 1. The Labute approximate surface area is 119 Å². The quantitative estimate of drug-likeness (QED) is 0.873. The molecule has 0 unspecified atom stereocenters. The summed E-state index contributed by atoms with van der Waals surface area (Å²) in [5.74, 6) is -0.408. The van der Waals surface area contributed by atoms with E-state index in [1.807, 2.05) is 0 Å². The molecule has 0 saturated carbocycles. The van der Waals surface area contributed by atoms with Crippen LogP contribution in [0, 0.1) is 5.82 Å². The molecule has 2 heterocycles. The Morgan fingerprint density at radius 2 is 2.00 bits per heavy atom. The van der Waals surface area contributed by atoms with Crippen LogP contribution in [-0.4, -0.2) is 29.7 Å². The van der Waals surface area contributed by atoms with Gasteiger partial charge in [-0.1, -0.05) is 18.8 Å². The third-order valence-electron chi connectivity index (χ3n) is 1.82. The highest BCUT2D eigenvalue weighted by Crippen LogP contribution is 2.12. The van der Waals surface area contributed by atoms with Crippen LogP contribution in [0.25, 0.3) is 0 Å². The standard InChI is InChI=1S/C7H6FNO2.C4H4N2OS.CH4/c1-11-7-5(4-10)2-6(8)3-9-7;5-4-6-1-3(2-7)8-4;/h2-4H,1H3;1-2H,(H2,5,6);1H4. The van der Waals surface area contributed by atoms with Gasteiger partial charge in [0, 0.05) is 0 Å². The number of hydrogen-bond acceptors (Lipinski definition) is 7. The van der Waals surface area contributed by atoms with E-state index in [9.17, 15) is 14.0 Å². The first-order valence-electron chi connectivity index (χ1n) is 4.92. The first kappa shape index (κ1) is 17.6. The topological polar surface area (TPSA) is 95.2 Å². The van der Waals surface area contributed by atoms with Crippen molar-refractivity contribution in [3.8, 4) is 5.88 Å². The fraction of sp³-hybridized carbons (Fsp3) is 0.167. The molecule has 0 atom stereocenters. The van der Waals surface area contributed by atoms with E-state index in [1.165, 1.54) is 24.6 Å². The van der Waals surface area contributed by atoms with Crippen molar-refractivity contribution in [3.05, 3.63) is 34.7 Å². The molecule has 2 aromatic heterocycles. The lowest BCUT2D eigenvalue weighted by Gasteiger charge is -1.99. The fourth-order valence-electron chi connectivity index (χ4n) is 1.05. The minimum Gasteiger partial charge on any atom is -0.480 e. The molecule has 0 aliphatic carbocycles. The molecule has 108 valence electrons. The van der Waals surface area contributed by atoms with E-state index in [4.69, 9.17) is 5.73 Å². The van der Waals surface area contributed by atoms with Gasteiger partial charge in [-0.05, 0) is 6.07 Å². The Kier molecular flexibility index (Phi) is 7.68. The Balaban J connectivity index is 0.000000359. The van der Waals surface area contributed by atoms with Gasteiger partial charge in [-0.3, -0.25) is 9.59 Å². The fourth-order valence-corrected chi connectivity index (χ4v) is 1.55. The van der Waals surface area contributed by atoms with Gasteiger partial charge in [0.1, 0.15) is 5.82 Å². The van der Waals surface area contributed by atoms with Crippen molar-refractivity contribution in [1.29, 1.82) is 0 Å². The van der Waals surface area contributed by atoms with Gasteiger partial charge in [0.2, 0.25) is 5.88 Å². The van der Waals surface area contributed by atoms with Crippen molar-refractivity contribution in [3.63, 3.8) is 0 Å². The Bertz CT molecular complexity index is 575. The van der Waals surface area contributed by atoms with E-state index < -0.39 is 5.82 Å². The average Bonchev–Trinajstić information content (AvgIpc) is 2.85. The summed E-state index contributed by atoms with van der Waals surface area (Å²) in [7, 11) is 1.37. The SMILES string of the molecule is C.COc1ncc(F)cc1C=O.Nc1ncc(C=O)s1. The molecule has 0 radical (unpaired) electrons. The summed E-state index contributed by atoms with van der Waals surface area (Å²) >= 11 is 1.19. The summed E-state index contributed by atoms with van der Waals surface area (Å²) in [6.07, 6.45) is 3.67. The van der Waals surface area contributed by atoms with Crippen LogP contribution < -0.4 is 10.5 Å². The predicted molar refractivity (Wildman–Crippen MR) is 74.8 cm³/mol. The van der Waals surface area contributed by atoms with Crippen LogP contribution in [0.2, 0.25) is 0 Å². The second kappa shape index (κ2) is 8.70. The smallest absolute Gasteiger partial charge is 0.223 e. The molecule has 0 aliphatic heterocycles. The van der Waals surface area contributed by atoms with Crippen molar-refractivity contribution in [1.82, 2.24) is 9.97 Å². The van der Waals surface area contributed by atoms with Crippen molar-refractivity contribution in [2.24, 2.45) is 0 Å². The third-order valence-corrected chi connectivity index (χ3v) is 2.58. The molecule has 2 N–H and O–H groups in total. The molecule has 0 saturated heterocycles. The molecular weight excluding hydrogens is 285 g/mol.